The van der Waals surface area contributed by atoms with Gasteiger partial charge in [-0.1, -0.05) is 11.6 Å². The summed E-state index contributed by atoms with van der Waals surface area (Å²) >= 11 is 7.07. The van der Waals surface area contributed by atoms with E-state index in [-0.39, 0.29) is 12.5 Å². The molecule has 8 nitrogen and oxygen atoms in total. The molecule has 1 fully saturated rings. The third-order valence-corrected chi connectivity index (χ3v) is 6.32. The lowest BCUT2D eigenvalue weighted by Crippen LogP contribution is -2.40. The van der Waals surface area contributed by atoms with Crippen LogP contribution in [-0.2, 0) is 4.74 Å². The van der Waals surface area contributed by atoms with E-state index in [1.165, 1.54) is 11.3 Å². The Bertz CT molecular complexity index is 977. The first-order chi connectivity index (χ1) is 14.4. The van der Waals surface area contributed by atoms with Gasteiger partial charge in [0.1, 0.15) is 11.9 Å². The molecule has 0 spiro atoms. The summed E-state index contributed by atoms with van der Waals surface area (Å²) in [6.45, 7) is 4.29. The lowest BCUT2D eigenvalue weighted by molar-refractivity contribution is 0.0920. The van der Waals surface area contributed by atoms with Crippen molar-refractivity contribution in [3.63, 3.8) is 0 Å². The van der Waals surface area contributed by atoms with E-state index in [1.54, 1.807) is 17.0 Å². The van der Waals surface area contributed by atoms with Crippen LogP contribution in [0.15, 0.2) is 41.5 Å². The first-order valence-electron chi connectivity index (χ1n) is 9.56. The van der Waals surface area contributed by atoms with Crippen LogP contribution in [0.1, 0.15) is 16.6 Å². The Balaban J connectivity index is 1.35. The van der Waals surface area contributed by atoms with Crippen molar-refractivity contribution in [3.8, 4) is 0 Å². The van der Waals surface area contributed by atoms with Crippen LogP contribution in [0.2, 0.25) is 4.34 Å². The monoisotopic (exact) mass is 447 g/mol. The molecular formula is C20H22ClN5O3S. The third-order valence-electron chi connectivity index (χ3n) is 5.09. The molecule has 158 valence electrons. The number of rotatable bonds is 5. The molecular weight excluding hydrogens is 426 g/mol. The highest BCUT2D eigenvalue weighted by Gasteiger charge is 2.32. The van der Waals surface area contributed by atoms with E-state index in [0.717, 1.165) is 30.3 Å². The highest BCUT2D eigenvalue weighted by Crippen LogP contribution is 2.26. The Morgan fingerprint density at radius 2 is 1.97 bits per heavy atom. The highest BCUT2D eigenvalue weighted by atomic mass is 35.5. The fourth-order valence-electron chi connectivity index (χ4n) is 3.27. The number of hydrogen-bond donors (Lipinski definition) is 1. The van der Waals surface area contributed by atoms with Gasteiger partial charge in [-0.3, -0.25) is 14.7 Å². The number of halogens is 1. The second-order valence-corrected chi connectivity index (χ2v) is 8.85. The van der Waals surface area contributed by atoms with Crippen LogP contribution in [-0.4, -0.2) is 62.1 Å². The van der Waals surface area contributed by atoms with Crippen molar-refractivity contribution < 1.29 is 14.3 Å². The number of anilines is 2. The Morgan fingerprint density at radius 3 is 2.63 bits per heavy atom. The number of nitrogens with zero attached hydrogens (tertiary/aromatic N) is 4. The quantitative estimate of drug-likeness (QED) is 0.761. The van der Waals surface area contributed by atoms with Gasteiger partial charge in [0.15, 0.2) is 0 Å². The number of amides is 2. The molecule has 2 aliphatic rings. The van der Waals surface area contributed by atoms with Crippen LogP contribution in [0.25, 0.3) is 0 Å². The number of hydrogen-bond acceptors (Lipinski definition) is 7. The summed E-state index contributed by atoms with van der Waals surface area (Å²) in [6, 6.07) is 11.0. The summed E-state index contributed by atoms with van der Waals surface area (Å²) in [7, 11) is 2.02. The van der Waals surface area contributed by atoms with Gasteiger partial charge in [-0.15, -0.1) is 11.3 Å². The Kier molecular flexibility index (Phi) is 5.83. The normalized spacial score (nSPS) is 19.0. The van der Waals surface area contributed by atoms with Gasteiger partial charge >= 0.3 is 6.09 Å². The van der Waals surface area contributed by atoms with Crippen molar-refractivity contribution in [3.05, 3.63) is 45.6 Å². The fourth-order valence-corrected chi connectivity index (χ4v) is 4.23. The highest BCUT2D eigenvalue weighted by molar-refractivity contribution is 7.18. The second kappa shape index (κ2) is 8.53. The van der Waals surface area contributed by atoms with Crippen molar-refractivity contribution >= 4 is 52.1 Å². The minimum absolute atomic E-state index is 0.228. The molecule has 1 N–H and O–H groups in total. The fraction of sp³-hybridized carbons (Fsp3) is 0.350. The summed E-state index contributed by atoms with van der Waals surface area (Å²) in [5.41, 5.74) is 1.72. The summed E-state index contributed by atoms with van der Waals surface area (Å²) in [5.74, 6) is 0.733. The Morgan fingerprint density at radius 1 is 1.23 bits per heavy atom. The van der Waals surface area contributed by atoms with E-state index in [1.807, 2.05) is 43.2 Å². The van der Waals surface area contributed by atoms with Crippen molar-refractivity contribution in [1.82, 2.24) is 10.2 Å². The number of carbonyl (C=O) groups excluding carboxylic acids is 2. The lowest BCUT2D eigenvalue weighted by Gasteiger charge is -2.31. The zero-order valence-electron chi connectivity index (χ0n) is 16.7. The predicted octanol–water partition coefficient (Wildman–Crippen LogP) is 3.24. The Labute approximate surface area is 183 Å². The van der Waals surface area contributed by atoms with Crippen molar-refractivity contribution in [2.75, 3.05) is 43.1 Å². The first-order valence-corrected chi connectivity index (χ1v) is 10.8. The molecule has 3 heterocycles. The topological polar surface area (TPSA) is 77.5 Å². The van der Waals surface area contributed by atoms with Crippen LogP contribution in [0.5, 0.6) is 0 Å². The Hall–Kier alpha value is -2.78. The summed E-state index contributed by atoms with van der Waals surface area (Å²) in [5, 5.41) is 9.32. The largest absolute Gasteiger partial charge is 0.442 e. The number of ether oxygens (including phenoxy) is 1. The molecule has 2 amide bonds. The van der Waals surface area contributed by atoms with Crippen LogP contribution in [0.4, 0.5) is 16.2 Å². The van der Waals surface area contributed by atoms with Crippen molar-refractivity contribution in [2.24, 2.45) is 5.10 Å². The molecule has 0 radical (unpaired) electrons. The molecule has 2 aliphatic heterocycles. The molecule has 2 aromatic rings. The van der Waals surface area contributed by atoms with E-state index in [4.69, 9.17) is 16.3 Å². The van der Waals surface area contributed by atoms with E-state index in [2.05, 4.69) is 15.3 Å². The van der Waals surface area contributed by atoms with Gasteiger partial charge in [0.05, 0.1) is 34.5 Å². The molecule has 0 saturated carbocycles. The minimum Gasteiger partial charge on any atom is -0.442 e. The number of benzene rings is 1. The molecule has 1 unspecified atom stereocenters. The SMILES string of the molecule is CC1=NN(c2ccc(N3CC(CNC(=O)c4ccc(Cl)s4)OC3=O)cc2)CCN1C. The molecule has 4 rings (SSSR count). The zero-order chi connectivity index (χ0) is 21.3. The van der Waals surface area contributed by atoms with Crippen molar-refractivity contribution in [2.45, 2.75) is 13.0 Å². The number of cyclic esters (lactones) is 1. The minimum atomic E-state index is -0.422. The van der Waals surface area contributed by atoms with Gasteiger partial charge in [0, 0.05) is 19.3 Å². The standard InChI is InChI=1S/C20H22ClN5O3S/c1-13-23-26(10-9-24(13)2)15-5-3-14(4-6-15)25-12-16(29-20(25)28)11-22-19(27)17-7-8-18(21)30-17/h3-8,16H,9-12H2,1-2H3,(H,22,27). The molecule has 0 bridgehead atoms. The first kappa shape index (κ1) is 20.5. The summed E-state index contributed by atoms with van der Waals surface area (Å²) in [6.07, 6.45) is -0.837. The number of likely N-dealkylation sites (N-methyl/N-ethyl adjacent to an activating group) is 1. The van der Waals surface area contributed by atoms with Gasteiger partial charge in [0.25, 0.3) is 5.91 Å². The van der Waals surface area contributed by atoms with E-state index in [9.17, 15) is 9.59 Å². The number of thiophene rings is 1. The molecule has 1 aromatic heterocycles. The van der Waals surface area contributed by atoms with Gasteiger partial charge in [0.2, 0.25) is 0 Å². The van der Waals surface area contributed by atoms with Crippen LogP contribution in [0.3, 0.4) is 0 Å². The third kappa shape index (κ3) is 4.36. The number of hydrazone groups is 1. The van der Waals surface area contributed by atoms with E-state index in [0.29, 0.717) is 15.8 Å². The maximum Gasteiger partial charge on any atom is 0.414 e. The van der Waals surface area contributed by atoms with E-state index >= 15 is 0 Å². The van der Waals surface area contributed by atoms with Gasteiger partial charge in [-0.05, 0) is 43.3 Å². The molecule has 1 atom stereocenters. The molecule has 1 aromatic carbocycles. The number of nitrogens with one attached hydrogen (secondary N) is 1. The summed E-state index contributed by atoms with van der Waals surface area (Å²) in [4.78, 5) is 28.7. The molecule has 10 heteroatoms. The van der Waals surface area contributed by atoms with Crippen molar-refractivity contribution in [1.29, 1.82) is 0 Å². The van der Waals surface area contributed by atoms with Gasteiger partial charge in [-0.2, -0.15) is 5.10 Å². The maximum absolute atomic E-state index is 12.3. The average Bonchev–Trinajstić information content (AvgIpc) is 3.34. The van der Waals surface area contributed by atoms with Crippen LogP contribution in [0, 0.1) is 0 Å². The molecule has 1 saturated heterocycles. The van der Waals surface area contributed by atoms with Crippen LogP contribution >= 0.6 is 22.9 Å². The maximum atomic E-state index is 12.3. The van der Waals surface area contributed by atoms with Gasteiger partial charge < -0.3 is 15.0 Å². The molecule has 30 heavy (non-hydrogen) atoms. The smallest absolute Gasteiger partial charge is 0.414 e. The zero-order valence-corrected chi connectivity index (χ0v) is 18.2. The number of amidine groups is 1. The van der Waals surface area contributed by atoms with Gasteiger partial charge in [-0.25, -0.2) is 4.79 Å². The second-order valence-electron chi connectivity index (χ2n) is 7.14. The molecule has 0 aliphatic carbocycles. The number of carbonyl (C=O) groups is 2. The van der Waals surface area contributed by atoms with E-state index < -0.39 is 12.2 Å². The average molecular weight is 448 g/mol. The summed E-state index contributed by atoms with van der Waals surface area (Å²) < 4.78 is 5.96. The van der Waals surface area contributed by atoms with Crippen LogP contribution < -0.4 is 15.2 Å². The lowest BCUT2D eigenvalue weighted by atomic mass is 10.2. The predicted molar refractivity (Wildman–Crippen MR) is 119 cm³/mol.